The number of nitrogens with zero attached hydrogens (tertiary/aromatic N) is 2. The average Bonchev–Trinajstić information content (AvgIpc) is 2.45. The molecule has 1 aliphatic rings. The molecule has 1 saturated heterocycles. The number of nitrogens with two attached hydrogens (primary N) is 1. The van der Waals surface area contributed by atoms with Crippen molar-refractivity contribution in [2.24, 2.45) is 5.84 Å². The molecule has 3 N–H and O–H groups in total. The number of amides is 1. The van der Waals surface area contributed by atoms with Gasteiger partial charge < -0.3 is 15.1 Å². The lowest BCUT2D eigenvalue weighted by molar-refractivity contribution is -0.384. The van der Waals surface area contributed by atoms with Gasteiger partial charge in [0.15, 0.2) is 0 Å². The van der Waals surface area contributed by atoms with Gasteiger partial charge in [-0.1, -0.05) is 0 Å². The van der Waals surface area contributed by atoms with E-state index in [0.29, 0.717) is 25.3 Å². The first-order valence-electron chi connectivity index (χ1n) is 6.51. The van der Waals surface area contributed by atoms with E-state index in [9.17, 15) is 14.9 Å². The van der Waals surface area contributed by atoms with Gasteiger partial charge in [-0.15, -0.1) is 0 Å². The minimum atomic E-state index is -0.553. The molecule has 21 heavy (non-hydrogen) atoms. The van der Waals surface area contributed by atoms with Crippen molar-refractivity contribution >= 4 is 17.3 Å². The van der Waals surface area contributed by atoms with Gasteiger partial charge in [0.1, 0.15) is 5.69 Å². The van der Waals surface area contributed by atoms with Gasteiger partial charge in [-0.05, 0) is 26.0 Å². The fourth-order valence-corrected chi connectivity index (χ4v) is 2.33. The number of nitro groups is 1. The third-order valence-corrected chi connectivity index (χ3v) is 3.49. The van der Waals surface area contributed by atoms with E-state index in [0.717, 1.165) is 0 Å². The molecule has 8 heteroatoms. The highest BCUT2D eigenvalue weighted by Crippen LogP contribution is 2.27. The van der Waals surface area contributed by atoms with Crippen molar-refractivity contribution in [3.63, 3.8) is 0 Å². The van der Waals surface area contributed by atoms with Crippen LogP contribution in [0.1, 0.15) is 24.2 Å². The Morgan fingerprint density at radius 2 is 2.24 bits per heavy atom. The van der Waals surface area contributed by atoms with Gasteiger partial charge in [0.25, 0.3) is 11.6 Å². The minimum absolute atomic E-state index is 0.108. The van der Waals surface area contributed by atoms with Crippen LogP contribution in [0.2, 0.25) is 0 Å². The van der Waals surface area contributed by atoms with Crippen molar-refractivity contribution in [3.05, 3.63) is 33.9 Å². The lowest BCUT2D eigenvalue weighted by atomic mass is 10.0. The van der Waals surface area contributed by atoms with E-state index in [1.165, 1.54) is 18.2 Å². The maximum atomic E-state index is 12.6. The van der Waals surface area contributed by atoms with E-state index in [1.807, 2.05) is 13.8 Å². The van der Waals surface area contributed by atoms with Gasteiger partial charge in [0.2, 0.25) is 0 Å². The number of nitrogen functional groups attached to an aromatic ring is 1. The molecule has 0 bridgehead atoms. The summed E-state index contributed by atoms with van der Waals surface area (Å²) in [6.45, 7) is 5.24. The zero-order valence-corrected chi connectivity index (χ0v) is 12.0. The highest BCUT2D eigenvalue weighted by Gasteiger charge is 2.35. The fraction of sp³-hybridized carbons (Fsp3) is 0.462. The maximum absolute atomic E-state index is 12.6. The number of hydrogen-bond acceptors (Lipinski definition) is 6. The highest BCUT2D eigenvalue weighted by molar-refractivity contribution is 5.96. The predicted octanol–water partition coefficient (Wildman–Crippen LogP) is 1.13. The lowest BCUT2D eigenvalue weighted by Gasteiger charge is -2.42. The molecule has 114 valence electrons. The monoisotopic (exact) mass is 294 g/mol. The summed E-state index contributed by atoms with van der Waals surface area (Å²) in [6, 6.07) is 4.11. The Morgan fingerprint density at radius 3 is 2.81 bits per heavy atom. The zero-order chi connectivity index (χ0) is 15.6. The SMILES string of the molecule is CC1(C)COCCN1C(=O)c1ccc([N+](=O)[O-])c(NN)c1. The Morgan fingerprint density at radius 1 is 1.52 bits per heavy atom. The molecule has 1 heterocycles. The van der Waals surface area contributed by atoms with Crippen LogP contribution in [0.3, 0.4) is 0 Å². The van der Waals surface area contributed by atoms with Crippen LogP contribution in [0.15, 0.2) is 18.2 Å². The third-order valence-electron chi connectivity index (χ3n) is 3.49. The van der Waals surface area contributed by atoms with Crippen LogP contribution >= 0.6 is 0 Å². The third kappa shape index (κ3) is 2.96. The molecule has 1 aromatic carbocycles. The largest absolute Gasteiger partial charge is 0.377 e. The molecule has 0 atom stereocenters. The molecule has 0 aromatic heterocycles. The number of carbonyl (C=O) groups excluding carboxylic acids is 1. The van der Waals surface area contributed by atoms with Crippen molar-refractivity contribution in [1.82, 2.24) is 4.90 Å². The number of ether oxygens (including phenoxy) is 1. The normalized spacial score (nSPS) is 17.4. The number of anilines is 1. The molecule has 8 nitrogen and oxygen atoms in total. The molecule has 1 aromatic rings. The van der Waals surface area contributed by atoms with Crippen molar-refractivity contribution in [3.8, 4) is 0 Å². The lowest BCUT2D eigenvalue weighted by Crippen LogP contribution is -2.55. The number of nitro benzene ring substituents is 1. The van der Waals surface area contributed by atoms with E-state index < -0.39 is 10.5 Å². The minimum Gasteiger partial charge on any atom is -0.377 e. The van der Waals surface area contributed by atoms with Crippen LogP contribution in [0.5, 0.6) is 0 Å². The number of nitrogens with one attached hydrogen (secondary N) is 1. The molecule has 0 saturated carbocycles. The molecular formula is C13H18N4O4. The summed E-state index contributed by atoms with van der Waals surface area (Å²) in [4.78, 5) is 24.6. The van der Waals surface area contributed by atoms with Crippen molar-refractivity contribution < 1.29 is 14.5 Å². The quantitative estimate of drug-likeness (QED) is 0.491. The molecule has 2 rings (SSSR count). The summed E-state index contributed by atoms with van der Waals surface area (Å²) in [7, 11) is 0. The van der Waals surface area contributed by atoms with Gasteiger partial charge in [0.05, 0.1) is 23.7 Å². The predicted molar refractivity (Wildman–Crippen MR) is 76.8 cm³/mol. The molecule has 1 fully saturated rings. The van der Waals surface area contributed by atoms with Crippen LogP contribution in [0, 0.1) is 10.1 Å². The Labute approximate surface area is 122 Å². The number of benzene rings is 1. The van der Waals surface area contributed by atoms with Gasteiger partial charge >= 0.3 is 0 Å². The second-order valence-corrected chi connectivity index (χ2v) is 5.46. The van der Waals surface area contributed by atoms with Gasteiger partial charge in [0, 0.05) is 18.2 Å². The Hall–Kier alpha value is -2.19. The van der Waals surface area contributed by atoms with E-state index in [4.69, 9.17) is 10.6 Å². The number of morpholine rings is 1. The second kappa shape index (κ2) is 5.66. The average molecular weight is 294 g/mol. The molecule has 1 aliphatic heterocycles. The van der Waals surface area contributed by atoms with Crippen molar-refractivity contribution in [2.75, 3.05) is 25.2 Å². The first-order chi connectivity index (χ1) is 9.86. The first-order valence-corrected chi connectivity index (χ1v) is 6.51. The molecule has 0 unspecified atom stereocenters. The van der Waals surface area contributed by atoms with Crippen LogP contribution in [0.25, 0.3) is 0 Å². The Bertz CT molecular complexity index is 573. The highest BCUT2D eigenvalue weighted by atomic mass is 16.6. The summed E-state index contributed by atoms with van der Waals surface area (Å²) >= 11 is 0. The zero-order valence-electron chi connectivity index (χ0n) is 12.0. The maximum Gasteiger partial charge on any atom is 0.293 e. The second-order valence-electron chi connectivity index (χ2n) is 5.46. The van der Waals surface area contributed by atoms with Gasteiger partial charge in [-0.25, -0.2) is 0 Å². The summed E-state index contributed by atoms with van der Waals surface area (Å²) in [5.41, 5.74) is 2.12. The standard InChI is InChI=1S/C13H18N4O4/c1-13(2)8-21-6-5-16(13)12(18)9-3-4-11(17(19)20)10(7-9)15-14/h3-4,7,15H,5-6,8,14H2,1-2H3. The summed E-state index contributed by atoms with van der Waals surface area (Å²) in [5, 5.41) is 10.9. The topological polar surface area (TPSA) is 111 Å². The van der Waals surface area contributed by atoms with Crippen LogP contribution in [-0.2, 0) is 4.74 Å². The number of hydrogen-bond donors (Lipinski definition) is 2. The summed E-state index contributed by atoms with van der Waals surface area (Å²) < 4.78 is 5.38. The number of hydrazine groups is 1. The van der Waals surface area contributed by atoms with Gasteiger partial charge in [-0.2, -0.15) is 0 Å². The smallest absolute Gasteiger partial charge is 0.293 e. The van der Waals surface area contributed by atoms with Crippen LogP contribution in [-0.4, -0.2) is 41.0 Å². The molecule has 1 amide bonds. The van der Waals surface area contributed by atoms with Gasteiger partial charge in [-0.3, -0.25) is 20.8 Å². The number of carbonyl (C=O) groups is 1. The van der Waals surface area contributed by atoms with Crippen molar-refractivity contribution in [2.45, 2.75) is 19.4 Å². The number of rotatable bonds is 3. The van der Waals surface area contributed by atoms with E-state index in [-0.39, 0.29) is 17.3 Å². The fourth-order valence-electron chi connectivity index (χ4n) is 2.33. The molecular weight excluding hydrogens is 276 g/mol. The van der Waals surface area contributed by atoms with E-state index >= 15 is 0 Å². The van der Waals surface area contributed by atoms with E-state index in [2.05, 4.69) is 5.43 Å². The van der Waals surface area contributed by atoms with Crippen LogP contribution < -0.4 is 11.3 Å². The van der Waals surface area contributed by atoms with E-state index in [1.54, 1.807) is 4.90 Å². The Kier molecular flexibility index (Phi) is 4.10. The summed E-state index contributed by atoms with van der Waals surface area (Å²) in [5.74, 6) is 5.09. The molecule has 0 spiro atoms. The first kappa shape index (κ1) is 15.2. The molecule has 0 radical (unpaired) electrons. The van der Waals surface area contributed by atoms with Crippen molar-refractivity contribution in [1.29, 1.82) is 0 Å². The molecule has 0 aliphatic carbocycles. The van der Waals surface area contributed by atoms with Crippen LogP contribution in [0.4, 0.5) is 11.4 Å². The summed E-state index contributed by atoms with van der Waals surface area (Å²) in [6.07, 6.45) is 0. The Balaban J connectivity index is 2.33.